The van der Waals surface area contributed by atoms with Gasteiger partial charge in [-0.05, 0) is 30.8 Å². The summed E-state index contributed by atoms with van der Waals surface area (Å²) < 4.78 is -0.485. The van der Waals surface area contributed by atoms with Gasteiger partial charge >= 0.3 is 0 Å². The largest absolute Gasteiger partial charge is 0.350 e. The first-order valence-corrected chi connectivity index (χ1v) is 5.40. The molecule has 1 rings (SSSR count). The first kappa shape index (κ1) is 11.8. The van der Waals surface area contributed by atoms with E-state index < -0.39 is 4.75 Å². The van der Waals surface area contributed by atoms with Gasteiger partial charge in [-0.2, -0.15) is 0 Å². The monoisotopic (exact) mass is 222 g/mol. The molecule has 0 saturated carbocycles. The van der Waals surface area contributed by atoms with Crippen molar-refractivity contribution in [3.63, 3.8) is 0 Å². The van der Waals surface area contributed by atoms with Gasteiger partial charge < -0.3 is 5.32 Å². The van der Waals surface area contributed by atoms with Crippen LogP contribution in [0.4, 0.5) is 4.79 Å². The Balaban J connectivity index is 2.95. The fourth-order valence-electron chi connectivity index (χ4n) is 1.10. The Hall–Kier alpha value is -1.29. The van der Waals surface area contributed by atoms with E-state index in [1.54, 1.807) is 19.3 Å². The quantitative estimate of drug-likeness (QED) is 0.799. The summed E-state index contributed by atoms with van der Waals surface area (Å²) in [6.07, 6.45) is 3.44. The maximum absolute atomic E-state index is 11.3. The molecule has 0 aliphatic rings. The topological polar surface area (TPSA) is 42.0 Å². The Morgan fingerprint density at radius 1 is 1.67 bits per heavy atom. The average Bonchev–Trinajstić information content (AvgIpc) is 2.30. The predicted octanol–water partition coefficient (Wildman–Crippen LogP) is 2.56. The molecule has 0 radical (unpaired) electrons. The van der Waals surface area contributed by atoms with Crippen LogP contribution in [0.3, 0.4) is 0 Å². The van der Waals surface area contributed by atoms with Crippen molar-refractivity contribution in [1.29, 1.82) is 0 Å². The molecule has 0 saturated heterocycles. The number of nitrogens with one attached hydrogen (secondary N) is 1. The van der Waals surface area contributed by atoms with Crippen molar-refractivity contribution in [2.45, 2.75) is 11.7 Å². The highest BCUT2D eigenvalue weighted by molar-refractivity contribution is 8.14. The molecular formula is C11H14N2OS. The molecule has 0 unspecified atom stereocenters. The second-order valence-electron chi connectivity index (χ2n) is 3.17. The first-order chi connectivity index (χ1) is 7.12. The number of aromatic nitrogens is 1. The molecule has 0 fully saturated rings. The van der Waals surface area contributed by atoms with Gasteiger partial charge in [0.25, 0.3) is 5.24 Å². The smallest absolute Gasteiger partial charge is 0.280 e. The average molecular weight is 222 g/mol. The summed E-state index contributed by atoms with van der Waals surface area (Å²) in [5, 5.41) is 2.48. The van der Waals surface area contributed by atoms with Crippen LogP contribution in [0.15, 0.2) is 37.1 Å². The summed E-state index contributed by atoms with van der Waals surface area (Å²) in [6.45, 7) is 5.67. The van der Waals surface area contributed by atoms with E-state index in [1.165, 1.54) is 11.8 Å². The van der Waals surface area contributed by atoms with E-state index in [-0.39, 0.29) is 5.24 Å². The van der Waals surface area contributed by atoms with E-state index in [4.69, 9.17) is 0 Å². The van der Waals surface area contributed by atoms with Crippen molar-refractivity contribution in [2.75, 3.05) is 7.05 Å². The van der Waals surface area contributed by atoms with Crippen LogP contribution in [0.5, 0.6) is 0 Å². The van der Waals surface area contributed by atoms with Crippen molar-refractivity contribution in [1.82, 2.24) is 10.3 Å². The van der Waals surface area contributed by atoms with E-state index in [2.05, 4.69) is 16.9 Å². The fraction of sp³-hybridized carbons (Fsp3) is 0.273. The van der Waals surface area contributed by atoms with Crippen LogP contribution in [-0.2, 0) is 4.75 Å². The number of rotatable bonds is 3. The number of carbonyl (C=O) groups excluding carboxylic acids is 1. The zero-order valence-corrected chi connectivity index (χ0v) is 9.67. The molecule has 15 heavy (non-hydrogen) atoms. The second-order valence-corrected chi connectivity index (χ2v) is 4.59. The summed E-state index contributed by atoms with van der Waals surface area (Å²) in [4.78, 5) is 15.6. The van der Waals surface area contributed by atoms with Crippen molar-refractivity contribution in [3.05, 3.63) is 42.7 Å². The molecule has 1 atom stereocenters. The lowest BCUT2D eigenvalue weighted by Crippen LogP contribution is -2.23. The minimum atomic E-state index is -0.485. The van der Waals surface area contributed by atoms with Crippen LogP contribution in [0.25, 0.3) is 0 Å². The molecule has 4 heteroatoms. The lowest BCUT2D eigenvalue weighted by Gasteiger charge is -2.22. The van der Waals surface area contributed by atoms with Gasteiger partial charge in [0.2, 0.25) is 0 Å². The fourth-order valence-corrected chi connectivity index (χ4v) is 1.89. The molecule has 3 nitrogen and oxygen atoms in total. The molecule has 80 valence electrons. The van der Waals surface area contributed by atoms with Gasteiger partial charge in [-0.3, -0.25) is 9.78 Å². The molecule has 0 aliphatic heterocycles. The lowest BCUT2D eigenvalue weighted by atomic mass is 10.1. The van der Waals surface area contributed by atoms with Crippen LogP contribution >= 0.6 is 11.8 Å². The van der Waals surface area contributed by atoms with Crippen molar-refractivity contribution >= 4 is 17.0 Å². The molecule has 0 spiro atoms. The lowest BCUT2D eigenvalue weighted by molar-refractivity contribution is 0.262. The molecule has 1 heterocycles. The van der Waals surface area contributed by atoms with Gasteiger partial charge in [0, 0.05) is 13.2 Å². The van der Waals surface area contributed by atoms with Crippen molar-refractivity contribution in [2.24, 2.45) is 0 Å². The molecule has 0 aliphatic carbocycles. The predicted molar refractivity (Wildman–Crippen MR) is 63.8 cm³/mol. The number of hydrogen-bond acceptors (Lipinski definition) is 3. The Morgan fingerprint density at radius 2 is 2.40 bits per heavy atom. The van der Waals surface area contributed by atoms with E-state index >= 15 is 0 Å². The highest BCUT2D eigenvalue weighted by atomic mass is 32.2. The third-order valence-electron chi connectivity index (χ3n) is 2.07. The van der Waals surface area contributed by atoms with Gasteiger partial charge in [0.15, 0.2) is 0 Å². The summed E-state index contributed by atoms with van der Waals surface area (Å²) in [7, 11) is 1.61. The van der Waals surface area contributed by atoms with Crippen LogP contribution in [-0.4, -0.2) is 17.3 Å². The molecular weight excluding hydrogens is 208 g/mol. The number of nitrogens with zero attached hydrogens (tertiary/aromatic N) is 1. The van der Waals surface area contributed by atoms with Crippen LogP contribution in [0.2, 0.25) is 0 Å². The first-order valence-electron chi connectivity index (χ1n) is 4.58. The number of hydrogen-bond donors (Lipinski definition) is 1. The number of carbonyl (C=O) groups is 1. The maximum atomic E-state index is 11.3. The third-order valence-corrected chi connectivity index (χ3v) is 3.26. The third kappa shape index (κ3) is 2.83. The zero-order chi connectivity index (χ0) is 11.3. The molecule has 0 aromatic carbocycles. The number of amides is 1. The Labute approximate surface area is 94.0 Å². The Bertz CT molecular complexity index is 353. The van der Waals surface area contributed by atoms with Crippen LogP contribution < -0.4 is 5.32 Å². The van der Waals surface area contributed by atoms with Crippen molar-refractivity contribution < 1.29 is 4.79 Å². The molecule has 1 N–H and O–H groups in total. The molecule has 1 amide bonds. The normalized spacial score (nSPS) is 14.0. The van der Waals surface area contributed by atoms with E-state index in [9.17, 15) is 4.79 Å². The van der Waals surface area contributed by atoms with Gasteiger partial charge in [-0.15, -0.1) is 6.58 Å². The van der Waals surface area contributed by atoms with Gasteiger partial charge in [0.05, 0.1) is 10.4 Å². The van der Waals surface area contributed by atoms with Crippen LogP contribution in [0, 0.1) is 0 Å². The van der Waals surface area contributed by atoms with Crippen LogP contribution in [0.1, 0.15) is 12.6 Å². The minimum absolute atomic E-state index is 0.0944. The second kappa shape index (κ2) is 4.98. The Morgan fingerprint density at radius 3 is 2.87 bits per heavy atom. The zero-order valence-electron chi connectivity index (χ0n) is 8.86. The SMILES string of the molecule is C=C[C@@](C)(SC(=O)NC)c1ccccn1. The number of pyridine rings is 1. The Kier molecular flexibility index (Phi) is 3.91. The summed E-state index contributed by atoms with van der Waals surface area (Å²) >= 11 is 1.17. The van der Waals surface area contributed by atoms with Crippen molar-refractivity contribution in [3.8, 4) is 0 Å². The minimum Gasteiger partial charge on any atom is -0.350 e. The number of thioether (sulfide) groups is 1. The highest BCUT2D eigenvalue weighted by Gasteiger charge is 2.28. The standard InChI is InChI=1S/C11H14N2OS/c1-4-11(2,15-10(14)12-3)9-7-5-6-8-13-9/h4-8H,1H2,2-3H3,(H,12,14)/t11-/m1/s1. The van der Waals surface area contributed by atoms with Gasteiger partial charge in [-0.1, -0.05) is 12.1 Å². The van der Waals surface area contributed by atoms with Gasteiger partial charge in [-0.25, -0.2) is 0 Å². The van der Waals surface area contributed by atoms with E-state index in [1.807, 2.05) is 25.1 Å². The molecule has 1 aromatic heterocycles. The molecule has 1 aromatic rings. The maximum Gasteiger partial charge on any atom is 0.280 e. The van der Waals surface area contributed by atoms with E-state index in [0.29, 0.717) is 0 Å². The van der Waals surface area contributed by atoms with E-state index in [0.717, 1.165) is 5.69 Å². The summed E-state index contributed by atoms with van der Waals surface area (Å²) in [5.41, 5.74) is 0.827. The summed E-state index contributed by atoms with van der Waals surface area (Å²) in [5.74, 6) is 0. The summed E-state index contributed by atoms with van der Waals surface area (Å²) in [6, 6.07) is 5.63. The molecule has 0 bridgehead atoms. The highest BCUT2D eigenvalue weighted by Crippen LogP contribution is 2.36. The van der Waals surface area contributed by atoms with Gasteiger partial charge in [0.1, 0.15) is 0 Å².